The van der Waals surface area contributed by atoms with E-state index in [-0.39, 0.29) is 0 Å². The molecule has 2 heterocycles. The van der Waals surface area contributed by atoms with Crippen LogP contribution in [0.3, 0.4) is 0 Å². The number of nitrogens with zero attached hydrogens (tertiary/aromatic N) is 4. The van der Waals surface area contributed by atoms with E-state index in [0.29, 0.717) is 12.4 Å². The van der Waals surface area contributed by atoms with E-state index in [4.69, 9.17) is 5.26 Å². The average molecular weight is 213 g/mol. The molecule has 0 aromatic carbocycles. The van der Waals surface area contributed by atoms with Crippen molar-refractivity contribution in [3.8, 4) is 17.5 Å². The molecule has 0 aliphatic rings. The molecule has 2 rings (SSSR count). The van der Waals surface area contributed by atoms with Crippen LogP contribution in [-0.4, -0.2) is 28.8 Å². The second-order valence-electron chi connectivity index (χ2n) is 3.37. The first kappa shape index (κ1) is 10.2. The number of aromatic amines is 1. The van der Waals surface area contributed by atoms with E-state index in [9.17, 15) is 0 Å². The van der Waals surface area contributed by atoms with Crippen LogP contribution in [0.2, 0.25) is 0 Å². The molecule has 0 aliphatic carbocycles. The van der Waals surface area contributed by atoms with Gasteiger partial charge in [0.25, 0.3) is 0 Å². The van der Waals surface area contributed by atoms with Crippen LogP contribution in [0.25, 0.3) is 11.4 Å². The summed E-state index contributed by atoms with van der Waals surface area (Å²) in [6.07, 6.45) is 1.84. The minimum atomic E-state index is 0.302. The lowest BCUT2D eigenvalue weighted by Gasteiger charge is -2.12. The Kier molecular flexibility index (Phi) is 2.83. The first-order valence-corrected chi connectivity index (χ1v) is 4.87. The fraction of sp³-hybridized carbons (Fsp3) is 0.182. The van der Waals surface area contributed by atoms with Gasteiger partial charge >= 0.3 is 0 Å². The lowest BCUT2D eigenvalue weighted by molar-refractivity contribution is 0.933. The van der Waals surface area contributed by atoms with Crippen molar-refractivity contribution in [3.05, 3.63) is 30.5 Å². The third-order valence-corrected chi connectivity index (χ3v) is 2.22. The average Bonchev–Trinajstić information content (AvgIpc) is 2.83. The lowest BCUT2D eigenvalue weighted by atomic mass is 10.3. The quantitative estimate of drug-likeness (QED) is 0.783. The van der Waals surface area contributed by atoms with E-state index in [2.05, 4.69) is 21.3 Å². The molecule has 0 saturated heterocycles. The summed E-state index contributed by atoms with van der Waals surface area (Å²) in [5.41, 5.74) is 1.72. The van der Waals surface area contributed by atoms with Crippen molar-refractivity contribution in [2.24, 2.45) is 0 Å². The molecule has 0 spiro atoms. The maximum absolute atomic E-state index is 8.56. The summed E-state index contributed by atoms with van der Waals surface area (Å²) >= 11 is 0. The molecular formula is C11H11N5. The molecule has 2 aromatic heterocycles. The van der Waals surface area contributed by atoms with Crippen LogP contribution in [0.15, 0.2) is 30.5 Å². The Bertz CT molecular complexity index is 480. The van der Waals surface area contributed by atoms with Crippen LogP contribution in [0, 0.1) is 11.3 Å². The van der Waals surface area contributed by atoms with E-state index in [0.717, 1.165) is 11.4 Å². The van der Waals surface area contributed by atoms with Crippen molar-refractivity contribution in [2.45, 2.75) is 0 Å². The summed E-state index contributed by atoms with van der Waals surface area (Å²) in [7, 11) is 1.81. The van der Waals surface area contributed by atoms with Gasteiger partial charge in [0.15, 0.2) is 5.82 Å². The third kappa shape index (κ3) is 2.01. The molecule has 0 bridgehead atoms. The molecule has 16 heavy (non-hydrogen) atoms. The van der Waals surface area contributed by atoms with Crippen molar-refractivity contribution in [2.75, 3.05) is 18.5 Å². The Balaban J connectivity index is 2.20. The summed E-state index contributed by atoms with van der Waals surface area (Å²) < 4.78 is 0. The number of nitriles is 1. The number of rotatable bonds is 3. The Labute approximate surface area is 93.4 Å². The van der Waals surface area contributed by atoms with E-state index in [1.165, 1.54) is 0 Å². The molecule has 0 atom stereocenters. The summed E-state index contributed by atoms with van der Waals surface area (Å²) in [4.78, 5) is 4.80. The molecule has 5 heteroatoms. The van der Waals surface area contributed by atoms with Crippen LogP contribution in [-0.2, 0) is 0 Å². The van der Waals surface area contributed by atoms with Crippen LogP contribution in [0.5, 0.6) is 0 Å². The molecule has 0 unspecified atom stereocenters. The van der Waals surface area contributed by atoms with Gasteiger partial charge in [0.2, 0.25) is 0 Å². The predicted molar refractivity (Wildman–Crippen MR) is 60.7 cm³/mol. The van der Waals surface area contributed by atoms with E-state index >= 15 is 0 Å². The topological polar surface area (TPSA) is 68.6 Å². The molecule has 0 saturated carbocycles. The Hall–Kier alpha value is -2.35. The summed E-state index contributed by atoms with van der Waals surface area (Å²) in [6.45, 7) is 0.302. The van der Waals surface area contributed by atoms with Crippen molar-refractivity contribution >= 4 is 5.82 Å². The maximum atomic E-state index is 8.56. The number of hydrogen-bond acceptors (Lipinski definition) is 4. The van der Waals surface area contributed by atoms with Crippen LogP contribution >= 0.6 is 0 Å². The van der Waals surface area contributed by atoms with E-state index in [1.54, 1.807) is 4.90 Å². The third-order valence-electron chi connectivity index (χ3n) is 2.22. The maximum Gasteiger partial charge on any atom is 0.151 e. The second-order valence-corrected chi connectivity index (χ2v) is 3.37. The highest BCUT2D eigenvalue weighted by atomic mass is 15.2. The van der Waals surface area contributed by atoms with Gasteiger partial charge in [0.05, 0.1) is 11.8 Å². The zero-order valence-electron chi connectivity index (χ0n) is 8.88. The lowest BCUT2D eigenvalue weighted by Crippen LogP contribution is -2.18. The van der Waals surface area contributed by atoms with Crippen molar-refractivity contribution in [1.82, 2.24) is 15.2 Å². The summed E-state index contributed by atoms with van der Waals surface area (Å²) in [5, 5.41) is 16.7. The van der Waals surface area contributed by atoms with Gasteiger partial charge in [-0.1, -0.05) is 0 Å². The van der Waals surface area contributed by atoms with Gasteiger partial charge in [0, 0.05) is 13.2 Å². The zero-order valence-corrected chi connectivity index (χ0v) is 8.88. The van der Waals surface area contributed by atoms with Gasteiger partial charge < -0.3 is 9.88 Å². The largest absolute Gasteiger partial charge is 0.360 e. The Morgan fingerprint density at radius 1 is 1.38 bits per heavy atom. The zero-order chi connectivity index (χ0) is 11.4. The molecule has 0 fully saturated rings. The number of hydrogen-bond donors (Lipinski definition) is 1. The smallest absolute Gasteiger partial charge is 0.151 e. The van der Waals surface area contributed by atoms with Gasteiger partial charge in [-0.25, -0.2) is 0 Å². The molecular weight excluding hydrogens is 202 g/mol. The van der Waals surface area contributed by atoms with Crippen molar-refractivity contribution in [3.63, 3.8) is 0 Å². The summed E-state index contributed by atoms with van der Waals surface area (Å²) in [6, 6.07) is 9.63. The summed E-state index contributed by atoms with van der Waals surface area (Å²) in [5.74, 6) is 0.692. The fourth-order valence-corrected chi connectivity index (χ4v) is 1.35. The van der Waals surface area contributed by atoms with Crippen molar-refractivity contribution < 1.29 is 0 Å². The minimum Gasteiger partial charge on any atom is -0.360 e. The van der Waals surface area contributed by atoms with E-state index in [1.807, 2.05) is 37.5 Å². The van der Waals surface area contributed by atoms with Gasteiger partial charge in [0.1, 0.15) is 12.2 Å². The van der Waals surface area contributed by atoms with Gasteiger partial charge in [-0.3, -0.25) is 0 Å². The molecule has 5 nitrogen and oxygen atoms in total. The van der Waals surface area contributed by atoms with Gasteiger partial charge in [-0.05, 0) is 24.3 Å². The monoisotopic (exact) mass is 213 g/mol. The molecule has 80 valence electrons. The SMILES string of the molecule is CN(CC#N)c1ccc(-c2ccc[nH]2)nn1. The highest BCUT2D eigenvalue weighted by molar-refractivity contribution is 5.55. The number of H-pyrrole nitrogens is 1. The first-order valence-electron chi connectivity index (χ1n) is 4.87. The number of aromatic nitrogens is 3. The highest BCUT2D eigenvalue weighted by Crippen LogP contribution is 2.15. The van der Waals surface area contributed by atoms with E-state index < -0.39 is 0 Å². The molecule has 0 amide bonds. The molecule has 0 radical (unpaired) electrons. The minimum absolute atomic E-state index is 0.302. The van der Waals surface area contributed by atoms with Crippen LogP contribution in [0.4, 0.5) is 5.82 Å². The number of anilines is 1. The van der Waals surface area contributed by atoms with Gasteiger partial charge in [-0.2, -0.15) is 5.26 Å². The standard InChI is InChI=1S/C11H11N5/c1-16(8-6-12)11-5-4-10(14-15-11)9-3-2-7-13-9/h2-5,7,13H,8H2,1H3. The second kappa shape index (κ2) is 4.45. The number of nitrogens with one attached hydrogen (secondary N) is 1. The highest BCUT2D eigenvalue weighted by Gasteiger charge is 2.04. The van der Waals surface area contributed by atoms with Gasteiger partial charge in [-0.15, -0.1) is 10.2 Å². The Morgan fingerprint density at radius 3 is 2.81 bits per heavy atom. The van der Waals surface area contributed by atoms with Crippen LogP contribution in [0.1, 0.15) is 0 Å². The Morgan fingerprint density at radius 2 is 2.25 bits per heavy atom. The first-order chi connectivity index (χ1) is 7.81. The predicted octanol–water partition coefficient (Wildman–Crippen LogP) is 1.43. The molecule has 1 N–H and O–H groups in total. The van der Waals surface area contributed by atoms with Crippen molar-refractivity contribution in [1.29, 1.82) is 5.26 Å². The normalized spacial score (nSPS) is 9.75. The molecule has 0 aliphatic heterocycles. The molecule has 2 aromatic rings. The fourth-order valence-electron chi connectivity index (χ4n) is 1.35. The van der Waals surface area contributed by atoms with Crippen LogP contribution < -0.4 is 4.90 Å².